The van der Waals surface area contributed by atoms with Crippen LogP contribution in [0, 0.1) is 0 Å². The molecule has 90 valence electrons. The normalized spacial score (nSPS) is 11.0. The van der Waals surface area contributed by atoms with Gasteiger partial charge in [0.15, 0.2) is 10.3 Å². The summed E-state index contributed by atoms with van der Waals surface area (Å²) >= 11 is 1.20. The van der Waals surface area contributed by atoms with Crippen LogP contribution in [-0.2, 0) is 0 Å². The van der Waals surface area contributed by atoms with Crippen LogP contribution in [-0.4, -0.2) is 24.7 Å². The van der Waals surface area contributed by atoms with Crippen molar-refractivity contribution in [2.45, 2.75) is 30.2 Å². The van der Waals surface area contributed by atoms with Gasteiger partial charge in [-0.2, -0.15) is 0 Å². The molecule has 7 nitrogen and oxygen atoms in total. The predicted octanol–water partition coefficient (Wildman–Crippen LogP) is 0.676. The number of anilines is 1. The number of aromatic nitrogens is 5. The van der Waals surface area contributed by atoms with Crippen molar-refractivity contribution >= 4 is 17.6 Å². The lowest BCUT2D eigenvalue weighted by Gasteiger charge is -2.07. The Kier molecular flexibility index (Phi) is 3.14. The number of nitrogens with two attached hydrogens (primary N) is 1. The molecule has 0 bridgehead atoms. The predicted molar refractivity (Wildman–Crippen MR) is 63.8 cm³/mol. The lowest BCUT2D eigenvalue weighted by Crippen LogP contribution is -2.19. The van der Waals surface area contributed by atoms with Gasteiger partial charge in [-0.1, -0.05) is 0 Å². The van der Waals surface area contributed by atoms with E-state index in [2.05, 4.69) is 20.2 Å². The summed E-state index contributed by atoms with van der Waals surface area (Å²) in [5.41, 5.74) is 5.31. The van der Waals surface area contributed by atoms with Gasteiger partial charge in [0.25, 0.3) is 0 Å². The number of nitrogens with zero attached hydrogens (tertiary/aromatic N) is 4. The second-order valence-electron chi connectivity index (χ2n) is 3.64. The highest BCUT2D eigenvalue weighted by Crippen LogP contribution is 2.23. The van der Waals surface area contributed by atoms with E-state index in [1.54, 1.807) is 12.3 Å². The highest BCUT2D eigenvalue weighted by atomic mass is 32.2. The van der Waals surface area contributed by atoms with E-state index in [1.807, 2.05) is 13.8 Å². The van der Waals surface area contributed by atoms with E-state index in [0.29, 0.717) is 16.1 Å². The first-order valence-corrected chi connectivity index (χ1v) is 5.83. The van der Waals surface area contributed by atoms with Gasteiger partial charge in [0.05, 0.1) is 0 Å². The van der Waals surface area contributed by atoms with Crippen molar-refractivity contribution in [3.8, 4) is 0 Å². The van der Waals surface area contributed by atoms with E-state index < -0.39 is 0 Å². The lowest BCUT2D eigenvalue weighted by atomic mass is 10.4. The molecule has 2 aromatic rings. The van der Waals surface area contributed by atoms with Crippen molar-refractivity contribution in [1.29, 1.82) is 0 Å². The zero-order chi connectivity index (χ0) is 12.4. The first-order valence-electron chi connectivity index (χ1n) is 5.01. The lowest BCUT2D eigenvalue weighted by molar-refractivity contribution is 0.533. The summed E-state index contributed by atoms with van der Waals surface area (Å²) in [5.74, 6) is 0.386. The summed E-state index contributed by atoms with van der Waals surface area (Å²) in [7, 11) is 0. The van der Waals surface area contributed by atoms with Gasteiger partial charge in [-0.3, -0.25) is 4.57 Å². The van der Waals surface area contributed by atoms with Gasteiger partial charge in [-0.25, -0.2) is 19.9 Å². The van der Waals surface area contributed by atoms with Crippen LogP contribution in [0.1, 0.15) is 19.9 Å². The fourth-order valence-corrected chi connectivity index (χ4v) is 2.21. The van der Waals surface area contributed by atoms with Gasteiger partial charge < -0.3 is 5.73 Å². The average Bonchev–Trinajstić information content (AvgIpc) is 2.59. The summed E-state index contributed by atoms with van der Waals surface area (Å²) in [6.45, 7) is 3.81. The molecular weight excluding hydrogens is 240 g/mol. The van der Waals surface area contributed by atoms with E-state index in [1.165, 1.54) is 16.3 Å². The van der Waals surface area contributed by atoms with Crippen LogP contribution in [0.15, 0.2) is 27.4 Å². The molecular formula is C9H12N6OS. The topological polar surface area (TPSA) is 102 Å². The molecule has 0 spiro atoms. The highest BCUT2D eigenvalue weighted by molar-refractivity contribution is 7.99. The van der Waals surface area contributed by atoms with E-state index in [0.717, 1.165) is 0 Å². The number of rotatable bonds is 3. The number of hydrogen-bond donors (Lipinski definition) is 2. The summed E-state index contributed by atoms with van der Waals surface area (Å²) in [6.07, 6.45) is 1.56. The van der Waals surface area contributed by atoms with E-state index in [-0.39, 0.29) is 11.7 Å². The highest BCUT2D eigenvalue weighted by Gasteiger charge is 2.13. The monoisotopic (exact) mass is 252 g/mol. The minimum absolute atomic E-state index is 0.0183. The smallest absolute Gasteiger partial charge is 0.344 e. The molecule has 0 amide bonds. The summed E-state index contributed by atoms with van der Waals surface area (Å²) in [4.78, 5) is 19.6. The van der Waals surface area contributed by atoms with Crippen molar-refractivity contribution in [3.05, 3.63) is 22.7 Å². The Morgan fingerprint density at radius 1 is 1.53 bits per heavy atom. The molecule has 2 aromatic heterocycles. The van der Waals surface area contributed by atoms with Gasteiger partial charge in [0.1, 0.15) is 5.82 Å². The zero-order valence-electron chi connectivity index (χ0n) is 9.41. The molecule has 2 rings (SSSR count). The molecule has 0 atom stereocenters. The maximum atomic E-state index is 11.5. The van der Waals surface area contributed by atoms with Gasteiger partial charge in [-0.05, 0) is 31.7 Å². The Morgan fingerprint density at radius 3 is 2.94 bits per heavy atom. The average molecular weight is 252 g/mol. The van der Waals surface area contributed by atoms with Crippen LogP contribution < -0.4 is 11.4 Å². The van der Waals surface area contributed by atoms with Gasteiger partial charge in [0, 0.05) is 12.2 Å². The third-order valence-electron chi connectivity index (χ3n) is 2.03. The van der Waals surface area contributed by atoms with Crippen LogP contribution in [0.25, 0.3) is 0 Å². The van der Waals surface area contributed by atoms with Crippen molar-refractivity contribution in [1.82, 2.24) is 24.7 Å². The van der Waals surface area contributed by atoms with E-state index >= 15 is 0 Å². The molecule has 0 aliphatic carbocycles. The second kappa shape index (κ2) is 4.58. The third-order valence-corrected chi connectivity index (χ3v) is 2.88. The van der Waals surface area contributed by atoms with Crippen LogP contribution in [0.2, 0.25) is 0 Å². The van der Waals surface area contributed by atoms with E-state index in [9.17, 15) is 4.79 Å². The quantitative estimate of drug-likeness (QED) is 0.778. The molecule has 0 aliphatic heterocycles. The Morgan fingerprint density at radius 2 is 2.29 bits per heavy atom. The largest absolute Gasteiger partial charge is 0.384 e. The standard InChI is InChI=1S/C9H12N6OS/c1-5(2)15-8(16)13-14-9(15)17-7-11-4-3-6(10)12-7/h3-5H,1-2H3,(H,13,16)(H2,10,11,12). The number of hydrogen-bond acceptors (Lipinski definition) is 6. The van der Waals surface area contributed by atoms with Crippen molar-refractivity contribution < 1.29 is 0 Å². The number of aromatic amines is 1. The minimum atomic E-state index is -0.244. The first-order chi connectivity index (χ1) is 8.08. The third kappa shape index (κ3) is 2.47. The zero-order valence-corrected chi connectivity index (χ0v) is 10.2. The molecule has 8 heteroatoms. The maximum absolute atomic E-state index is 11.5. The maximum Gasteiger partial charge on any atom is 0.344 e. The summed E-state index contributed by atoms with van der Waals surface area (Å²) in [6, 6.07) is 1.62. The molecule has 0 saturated carbocycles. The van der Waals surface area contributed by atoms with E-state index in [4.69, 9.17) is 5.73 Å². The van der Waals surface area contributed by atoms with Crippen LogP contribution in [0.3, 0.4) is 0 Å². The summed E-state index contributed by atoms with van der Waals surface area (Å²) < 4.78 is 1.54. The second-order valence-corrected chi connectivity index (χ2v) is 4.58. The van der Waals surface area contributed by atoms with Crippen LogP contribution in [0.4, 0.5) is 5.82 Å². The fourth-order valence-electron chi connectivity index (χ4n) is 1.30. The Hall–Kier alpha value is -1.83. The minimum Gasteiger partial charge on any atom is -0.384 e. The molecule has 0 unspecified atom stereocenters. The number of nitrogens with one attached hydrogen (secondary N) is 1. The van der Waals surface area contributed by atoms with Crippen molar-refractivity contribution in [2.75, 3.05) is 5.73 Å². The van der Waals surface area contributed by atoms with Gasteiger partial charge in [-0.15, -0.1) is 5.10 Å². The number of H-pyrrole nitrogens is 1. The van der Waals surface area contributed by atoms with Gasteiger partial charge in [0.2, 0.25) is 0 Å². The Labute approximate surface area is 101 Å². The molecule has 3 N–H and O–H groups in total. The molecule has 0 radical (unpaired) electrons. The molecule has 2 heterocycles. The number of nitrogen functional groups attached to an aromatic ring is 1. The SMILES string of the molecule is CC(C)n1c(Sc2nccc(N)n2)n[nH]c1=O. The molecule has 17 heavy (non-hydrogen) atoms. The molecule has 0 saturated heterocycles. The van der Waals surface area contributed by atoms with Crippen LogP contribution in [0.5, 0.6) is 0 Å². The summed E-state index contributed by atoms with van der Waals surface area (Å²) in [5, 5.41) is 7.32. The van der Waals surface area contributed by atoms with Gasteiger partial charge >= 0.3 is 5.69 Å². The fraction of sp³-hybridized carbons (Fsp3) is 0.333. The molecule has 0 aliphatic rings. The van der Waals surface area contributed by atoms with Crippen LogP contribution >= 0.6 is 11.8 Å². The molecule has 0 fully saturated rings. The Bertz CT molecular complexity index is 575. The molecule has 0 aromatic carbocycles. The Balaban J connectivity index is 2.34. The van der Waals surface area contributed by atoms with Crippen molar-refractivity contribution in [2.24, 2.45) is 0 Å². The van der Waals surface area contributed by atoms with Crippen molar-refractivity contribution in [3.63, 3.8) is 0 Å². The first kappa shape index (κ1) is 11.6.